The first-order valence-electron chi connectivity index (χ1n) is 6.09. The van der Waals surface area contributed by atoms with Crippen molar-refractivity contribution in [3.63, 3.8) is 0 Å². The summed E-state index contributed by atoms with van der Waals surface area (Å²) in [6, 6.07) is 16.4. The first-order chi connectivity index (χ1) is 9.38. The number of ether oxygens (including phenoxy) is 1. The van der Waals surface area contributed by atoms with Crippen molar-refractivity contribution < 1.29 is 9.53 Å². The highest BCUT2D eigenvalue weighted by Gasteiger charge is 2.20. The van der Waals surface area contributed by atoms with Crippen LogP contribution in [0.4, 0.5) is 0 Å². The van der Waals surface area contributed by atoms with Gasteiger partial charge in [0.2, 0.25) is 0 Å². The number of hydrogen-bond acceptors (Lipinski definition) is 2. The Kier molecular flexibility index (Phi) is 2.00. The molecule has 3 aromatic rings. The average Bonchev–Trinajstić information content (AvgIpc) is 2.80. The van der Waals surface area contributed by atoms with Crippen LogP contribution < -0.4 is 0 Å². The zero-order chi connectivity index (χ0) is 12.8. The van der Waals surface area contributed by atoms with Crippen molar-refractivity contribution in [3.05, 3.63) is 59.7 Å². The third kappa shape index (κ3) is 1.34. The Morgan fingerprint density at radius 2 is 1.79 bits per heavy atom. The van der Waals surface area contributed by atoms with Gasteiger partial charge in [0, 0.05) is 10.9 Å². The molecule has 2 nitrogen and oxygen atoms in total. The highest BCUT2D eigenvalue weighted by Crippen LogP contribution is 2.41. The Labute approximate surface area is 109 Å². The number of carbonyl (C=O) groups excluding carboxylic acids is 1. The van der Waals surface area contributed by atoms with Crippen LogP contribution >= 0.6 is 0 Å². The van der Waals surface area contributed by atoms with E-state index in [0.717, 1.165) is 32.7 Å². The highest BCUT2D eigenvalue weighted by molar-refractivity contribution is 6.17. The number of hydrogen-bond donors (Lipinski definition) is 0. The summed E-state index contributed by atoms with van der Waals surface area (Å²) in [5, 5.41) is 4.55. The lowest BCUT2D eigenvalue weighted by Gasteiger charge is -2.08. The van der Waals surface area contributed by atoms with Crippen molar-refractivity contribution in [3.8, 4) is 0 Å². The summed E-state index contributed by atoms with van der Waals surface area (Å²) < 4.78 is 5.04. The Bertz CT molecular complexity index is 860. The second-order valence-corrected chi connectivity index (χ2v) is 4.61. The van der Waals surface area contributed by atoms with Crippen molar-refractivity contribution in [1.29, 1.82) is 0 Å². The minimum Gasteiger partial charge on any atom is -0.417 e. The van der Waals surface area contributed by atoms with Crippen LogP contribution in [0, 0.1) is 0 Å². The van der Waals surface area contributed by atoms with Gasteiger partial charge >= 0.3 is 6.47 Å². The zero-order valence-electron chi connectivity index (χ0n) is 10.0. The summed E-state index contributed by atoms with van der Waals surface area (Å²) in [6.45, 7) is 1.53. The largest absolute Gasteiger partial charge is 0.423 e. The van der Waals surface area contributed by atoms with E-state index >= 15 is 0 Å². The van der Waals surface area contributed by atoms with Crippen LogP contribution in [0.1, 0.15) is 11.1 Å². The summed E-state index contributed by atoms with van der Waals surface area (Å²) in [7, 11) is 0. The van der Waals surface area contributed by atoms with Crippen LogP contribution in [0.2, 0.25) is 0 Å². The van der Waals surface area contributed by atoms with Gasteiger partial charge in [0.15, 0.2) is 0 Å². The van der Waals surface area contributed by atoms with Gasteiger partial charge in [0.05, 0.1) is 0 Å². The van der Waals surface area contributed by atoms with E-state index in [9.17, 15) is 4.79 Å². The maximum absolute atomic E-state index is 10.6. The fourth-order valence-corrected chi connectivity index (χ4v) is 2.87. The van der Waals surface area contributed by atoms with Crippen LogP contribution in [0.15, 0.2) is 48.5 Å². The molecule has 89 valence electrons. The van der Waals surface area contributed by atoms with E-state index < -0.39 is 0 Å². The molecule has 1 aliphatic rings. The maximum Gasteiger partial charge on any atom is 0.423 e. The molecule has 0 N–H and O–H groups in total. The molecule has 3 aromatic carbocycles. The smallest absolute Gasteiger partial charge is 0.417 e. The van der Waals surface area contributed by atoms with Crippen LogP contribution in [0.3, 0.4) is 0 Å². The molecule has 0 spiro atoms. The number of fused-ring (bicyclic) bond motifs is 2. The SMILES string of the molecule is O=[C]OC1=Cc2cccc3cc4ccccc4c1c23. The van der Waals surface area contributed by atoms with Crippen molar-refractivity contribution in [1.82, 2.24) is 0 Å². The van der Waals surface area contributed by atoms with Crippen LogP contribution in [-0.2, 0) is 9.53 Å². The third-order valence-corrected chi connectivity index (χ3v) is 3.60. The summed E-state index contributed by atoms with van der Waals surface area (Å²) >= 11 is 0. The lowest BCUT2D eigenvalue weighted by atomic mass is 9.97. The van der Waals surface area contributed by atoms with Gasteiger partial charge < -0.3 is 4.74 Å². The Morgan fingerprint density at radius 1 is 0.947 bits per heavy atom. The Morgan fingerprint density at radius 3 is 2.68 bits per heavy atom. The number of rotatable bonds is 2. The van der Waals surface area contributed by atoms with Gasteiger partial charge in [-0.15, -0.1) is 0 Å². The molecule has 0 saturated heterocycles. The van der Waals surface area contributed by atoms with Gasteiger partial charge in [-0.3, -0.25) is 0 Å². The monoisotopic (exact) mass is 245 g/mol. The van der Waals surface area contributed by atoms with Gasteiger partial charge in [-0.05, 0) is 33.9 Å². The fraction of sp³-hybridized carbons (Fsp3) is 0. The number of benzene rings is 3. The molecule has 1 radical (unpaired) electrons. The molecule has 0 bridgehead atoms. The van der Waals surface area contributed by atoms with E-state index in [2.05, 4.69) is 18.2 Å². The summed E-state index contributed by atoms with van der Waals surface area (Å²) in [4.78, 5) is 10.6. The molecule has 4 rings (SSSR count). The second kappa shape index (κ2) is 3.69. The molecule has 1 aliphatic carbocycles. The van der Waals surface area contributed by atoms with E-state index in [1.165, 1.54) is 6.47 Å². The molecule has 0 amide bonds. The van der Waals surface area contributed by atoms with Crippen molar-refractivity contribution >= 4 is 39.9 Å². The zero-order valence-corrected chi connectivity index (χ0v) is 10.0. The highest BCUT2D eigenvalue weighted by atomic mass is 16.5. The standard InChI is InChI=1S/C17H9O2/c18-10-19-15-9-13-6-3-5-12-8-11-4-1-2-7-14(11)17(15)16(12)13/h1-9H. The van der Waals surface area contributed by atoms with Crippen LogP contribution in [0.5, 0.6) is 0 Å². The third-order valence-electron chi connectivity index (χ3n) is 3.60. The molecular formula is C17H9O2. The van der Waals surface area contributed by atoms with Gasteiger partial charge in [0.25, 0.3) is 0 Å². The van der Waals surface area contributed by atoms with E-state index in [0.29, 0.717) is 5.76 Å². The molecule has 0 unspecified atom stereocenters. The summed E-state index contributed by atoms with van der Waals surface area (Å²) in [5.41, 5.74) is 2.08. The molecule has 0 atom stereocenters. The molecule has 19 heavy (non-hydrogen) atoms. The Balaban J connectivity index is 2.23. The van der Waals surface area contributed by atoms with Gasteiger partial charge in [-0.1, -0.05) is 42.5 Å². The van der Waals surface area contributed by atoms with E-state index in [4.69, 9.17) is 4.74 Å². The average molecular weight is 245 g/mol. The van der Waals surface area contributed by atoms with E-state index in [1.54, 1.807) is 0 Å². The van der Waals surface area contributed by atoms with Gasteiger partial charge in [-0.2, -0.15) is 0 Å². The van der Waals surface area contributed by atoms with Crippen molar-refractivity contribution in [2.45, 2.75) is 0 Å². The molecule has 2 heteroatoms. The fourth-order valence-electron chi connectivity index (χ4n) is 2.87. The summed E-state index contributed by atoms with van der Waals surface area (Å²) in [5.74, 6) is 0.581. The predicted molar refractivity (Wildman–Crippen MR) is 76.1 cm³/mol. The van der Waals surface area contributed by atoms with Crippen LogP contribution in [0.25, 0.3) is 33.4 Å². The molecule has 0 heterocycles. The minimum atomic E-state index is 0.581. The van der Waals surface area contributed by atoms with E-state index in [1.807, 2.05) is 36.4 Å². The second-order valence-electron chi connectivity index (χ2n) is 4.61. The topological polar surface area (TPSA) is 26.3 Å². The molecule has 0 fully saturated rings. The Hall–Kier alpha value is -2.61. The molecule has 0 saturated carbocycles. The quantitative estimate of drug-likeness (QED) is 0.640. The predicted octanol–water partition coefficient (Wildman–Crippen LogP) is 3.89. The summed E-state index contributed by atoms with van der Waals surface area (Å²) in [6.07, 6.45) is 1.90. The normalized spacial score (nSPS) is 12.7. The van der Waals surface area contributed by atoms with Crippen molar-refractivity contribution in [2.24, 2.45) is 0 Å². The lowest BCUT2D eigenvalue weighted by Crippen LogP contribution is -1.89. The first-order valence-corrected chi connectivity index (χ1v) is 6.09. The molecule has 0 aliphatic heterocycles. The van der Waals surface area contributed by atoms with Crippen LogP contribution in [-0.4, -0.2) is 6.47 Å². The van der Waals surface area contributed by atoms with Gasteiger partial charge in [-0.25, -0.2) is 4.79 Å². The molecular weight excluding hydrogens is 236 g/mol. The minimum absolute atomic E-state index is 0.581. The van der Waals surface area contributed by atoms with E-state index in [-0.39, 0.29) is 0 Å². The maximum atomic E-state index is 10.6. The lowest BCUT2D eigenvalue weighted by molar-refractivity contribution is 0.421. The van der Waals surface area contributed by atoms with Gasteiger partial charge in [0.1, 0.15) is 5.76 Å². The first kappa shape index (κ1) is 10.3. The van der Waals surface area contributed by atoms with Crippen molar-refractivity contribution in [2.75, 3.05) is 0 Å². The molecule has 0 aromatic heterocycles.